The molecule has 6 nitrogen and oxygen atoms in total. The van der Waals surface area contributed by atoms with Crippen LogP contribution in [-0.2, 0) is 14.3 Å². The lowest BCUT2D eigenvalue weighted by Crippen LogP contribution is -2.37. The maximum atomic E-state index is 12.6. The molecule has 6 heteroatoms. The molecule has 0 aliphatic carbocycles. The van der Waals surface area contributed by atoms with Crippen molar-refractivity contribution >= 4 is 29.2 Å². The number of aryl methyl sites for hydroxylation is 2. The van der Waals surface area contributed by atoms with Crippen LogP contribution < -0.4 is 10.2 Å². The number of rotatable bonds is 6. The van der Waals surface area contributed by atoms with Crippen LogP contribution in [0.3, 0.4) is 0 Å². The zero-order chi connectivity index (χ0) is 20.0. The number of ether oxygens (including phenoxy) is 1. The number of hydrogen-bond acceptors (Lipinski definition) is 4. The molecule has 2 amide bonds. The molecule has 2 aromatic carbocycles. The summed E-state index contributed by atoms with van der Waals surface area (Å²) in [4.78, 5) is 38.2. The minimum atomic E-state index is -0.508. The number of nitrogens with zero attached hydrogens (tertiary/aromatic N) is 1. The van der Waals surface area contributed by atoms with Gasteiger partial charge >= 0.3 is 5.97 Å². The van der Waals surface area contributed by atoms with Crippen molar-refractivity contribution in [3.63, 3.8) is 0 Å². The van der Waals surface area contributed by atoms with Crippen molar-refractivity contribution in [1.29, 1.82) is 0 Å². The molecule has 2 aromatic rings. The minimum Gasteiger partial charge on any atom is -0.462 e. The van der Waals surface area contributed by atoms with Gasteiger partial charge in [-0.15, -0.1) is 0 Å². The fourth-order valence-electron chi connectivity index (χ4n) is 2.69. The van der Waals surface area contributed by atoms with Crippen LogP contribution in [0.5, 0.6) is 0 Å². The van der Waals surface area contributed by atoms with E-state index in [2.05, 4.69) is 5.32 Å². The highest BCUT2D eigenvalue weighted by atomic mass is 16.5. The van der Waals surface area contributed by atoms with Crippen molar-refractivity contribution in [3.8, 4) is 0 Å². The van der Waals surface area contributed by atoms with Gasteiger partial charge in [0, 0.05) is 12.6 Å². The second kappa shape index (κ2) is 8.98. The van der Waals surface area contributed by atoms with Crippen molar-refractivity contribution in [2.75, 3.05) is 23.4 Å². The molecule has 27 heavy (non-hydrogen) atoms. The number of nitrogens with one attached hydrogen (secondary N) is 1. The van der Waals surface area contributed by atoms with Crippen molar-refractivity contribution < 1.29 is 19.1 Å². The first-order chi connectivity index (χ1) is 12.8. The van der Waals surface area contributed by atoms with Crippen LogP contribution >= 0.6 is 0 Å². The van der Waals surface area contributed by atoms with E-state index in [4.69, 9.17) is 4.74 Å². The highest BCUT2D eigenvalue weighted by molar-refractivity contribution is 6.05. The van der Waals surface area contributed by atoms with Crippen LogP contribution in [-0.4, -0.2) is 30.9 Å². The maximum absolute atomic E-state index is 12.6. The summed E-state index contributed by atoms with van der Waals surface area (Å²) >= 11 is 0. The molecule has 0 aliphatic rings. The normalized spacial score (nSPS) is 10.2. The third-order valence-corrected chi connectivity index (χ3v) is 4.03. The summed E-state index contributed by atoms with van der Waals surface area (Å²) in [5, 5.41) is 2.71. The van der Waals surface area contributed by atoms with Gasteiger partial charge in [0.25, 0.3) is 0 Å². The van der Waals surface area contributed by atoms with E-state index in [9.17, 15) is 14.4 Å². The lowest BCUT2D eigenvalue weighted by Gasteiger charge is -2.23. The standard InChI is InChI=1S/C21H24N2O4/c1-5-27-21(26)17-8-6-7-9-18(17)22-20(25)13-23(16(4)24)19-12-14(2)10-11-15(19)3/h6-12H,5,13H2,1-4H3,(H,22,25). The Balaban J connectivity index is 2.22. The van der Waals surface area contributed by atoms with Gasteiger partial charge in [-0.05, 0) is 50.1 Å². The summed E-state index contributed by atoms with van der Waals surface area (Å²) < 4.78 is 5.01. The molecular weight excluding hydrogens is 344 g/mol. The van der Waals surface area contributed by atoms with Gasteiger partial charge in [0.2, 0.25) is 11.8 Å². The zero-order valence-corrected chi connectivity index (χ0v) is 16.0. The lowest BCUT2D eigenvalue weighted by molar-refractivity contribution is -0.120. The van der Waals surface area contributed by atoms with Gasteiger partial charge < -0.3 is 15.0 Å². The molecule has 0 unspecified atom stereocenters. The highest BCUT2D eigenvalue weighted by Crippen LogP contribution is 2.22. The Morgan fingerprint density at radius 1 is 1.07 bits per heavy atom. The van der Waals surface area contributed by atoms with Gasteiger partial charge in [0.05, 0.1) is 17.9 Å². The number of carbonyl (C=O) groups is 3. The number of anilines is 2. The predicted octanol–water partition coefficient (Wildman–Crippen LogP) is 3.47. The van der Waals surface area contributed by atoms with Gasteiger partial charge in [0.1, 0.15) is 6.54 Å². The smallest absolute Gasteiger partial charge is 0.340 e. The fraction of sp³-hybridized carbons (Fsp3) is 0.286. The number of carbonyl (C=O) groups excluding carboxylic acids is 3. The molecule has 0 spiro atoms. The summed E-state index contributed by atoms with van der Waals surface area (Å²) in [6.45, 7) is 7.04. The van der Waals surface area contributed by atoms with Crippen LogP contribution in [0.25, 0.3) is 0 Å². The molecule has 0 saturated carbocycles. The summed E-state index contributed by atoms with van der Waals surface area (Å²) in [6.07, 6.45) is 0. The molecule has 2 rings (SSSR count). The lowest BCUT2D eigenvalue weighted by atomic mass is 10.1. The van der Waals surface area contributed by atoms with Crippen molar-refractivity contribution in [1.82, 2.24) is 0 Å². The summed E-state index contributed by atoms with van der Waals surface area (Å²) in [5.41, 5.74) is 3.21. The van der Waals surface area contributed by atoms with E-state index in [-0.39, 0.29) is 24.6 Å². The van der Waals surface area contributed by atoms with Gasteiger partial charge in [-0.1, -0.05) is 24.3 Å². The third kappa shape index (κ3) is 5.17. The molecule has 0 bridgehead atoms. The summed E-state index contributed by atoms with van der Waals surface area (Å²) in [6, 6.07) is 12.4. The van der Waals surface area contributed by atoms with Crippen LogP contribution in [0.2, 0.25) is 0 Å². The quantitative estimate of drug-likeness (QED) is 0.792. The van der Waals surface area contributed by atoms with E-state index in [0.717, 1.165) is 11.1 Å². The first kappa shape index (κ1) is 20.2. The van der Waals surface area contributed by atoms with E-state index in [1.807, 2.05) is 32.0 Å². The van der Waals surface area contributed by atoms with Gasteiger partial charge in [-0.25, -0.2) is 4.79 Å². The molecule has 0 fully saturated rings. The van der Waals surface area contributed by atoms with E-state index in [0.29, 0.717) is 11.4 Å². The SMILES string of the molecule is CCOC(=O)c1ccccc1NC(=O)CN(C(C)=O)c1cc(C)ccc1C. The van der Waals surface area contributed by atoms with E-state index >= 15 is 0 Å². The number of para-hydroxylation sites is 1. The maximum Gasteiger partial charge on any atom is 0.340 e. The second-order valence-corrected chi connectivity index (χ2v) is 6.21. The minimum absolute atomic E-state index is 0.156. The number of hydrogen-bond donors (Lipinski definition) is 1. The molecule has 0 atom stereocenters. The van der Waals surface area contributed by atoms with Crippen molar-refractivity contribution in [2.45, 2.75) is 27.7 Å². The van der Waals surface area contributed by atoms with Gasteiger partial charge in [-0.3, -0.25) is 9.59 Å². The Morgan fingerprint density at radius 3 is 2.44 bits per heavy atom. The molecular formula is C21H24N2O4. The molecule has 0 radical (unpaired) electrons. The van der Waals surface area contributed by atoms with E-state index < -0.39 is 11.9 Å². The molecule has 0 saturated heterocycles. The molecule has 0 aromatic heterocycles. The Labute approximate surface area is 159 Å². The summed E-state index contributed by atoms with van der Waals surface area (Å²) in [5.74, 6) is -1.15. The Kier molecular flexibility index (Phi) is 6.71. The van der Waals surface area contributed by atoms with Gasteiger partial charge in [-0.2, -0.15) is 0 Å². The Bertz CT molecular complexity index is 861. The van der Waals surface area contributed by atoms with E-state index in [1.165, 1.54) is 11.8 Å². The molecule has 142 valence electrons. The van der Waals surface area contributed by atoms with Crippen LogP contribution in [0.1, 0.15) is 35.3 Å². The Hall–Kier alpha value is -3.15. The number of amides is 2. The van der Waals surface area contributed by atoms with Crippen molar-refractivity contribution in [2.24, 2.45) is 0 Å². The monoisotopic (exact) mass is 368 g/mol. The predicted molar refractivity (Wildman–Crippen MR) is 105 cm³/mol. The highest BCUT2D eigenvalue weighted by Gasteiger charge is 2.20. The summed E-state index contributed by atoms with van der Waals surface area (Å²) in [7, 11) is 0. The molecule has 0 heterocycles. The molecule has 1 N–H and O–H groups in total. The number of esters is 1. The van der Waals surface area contributed by atoms with Crippen LogP contribution in [0, 0.1) is 13.8 Å². The first-order valence-electron chi connectivity index (χ1n) is 8.74. The first-order valence-corrected chi connectivity index (χ1v) is 8.74. The topological polar surface area (TPSA) is 75.7 Å². The van der Waals surface area contributed by atoms with Gasteiger partial charge in [0.15, 0.2) is 0 Å². The average Bonchev–Trinajstić information content (AvgIpc) is 2.62. The van der Waals surface area contributed by atoms with Crippen LogP contribution in [0.4, 0.5) is 11.4 Å². The van der Waals surface area contributed by atoms with Crippen molar-refractivity contribution in [3.05, 3.63) is 59.2 Å². The molecule has 0 aliphatic heterocycles. The Morgan fingerprint density at radius 2 is 1.78 bits per heavy atom. The third-order valence-electron chi connectivity index (χ3n) is 4.03. The zero-order valence-electron chi connectivity index (χ0n) is 16.0. The van der Waals surface area contributed by atoms with E-state index in [1.54, 1.807) is 31.2 Å². The van der Waals surface area contributed by atoms with Crippen LogP contribution in [0.15, 0.2) is 42.5 Å². The second-order valence-electron chi connectivity index (χ2n) is 6.21. The fourth-order valence-corrected chi connectivity index (χ4v) is 2.69. The average molecular weight is 368 g/mol. The largest absolute Gasteiger partial charge is 0.462 e. The number of benzene rings is 2.